The van der Waals surface area contributed by atoms with Crippen molar-refractivity contribution in [1.29, 1.82) is 0 Å². The number of nitrogens with one attached hydrogen (secondary N) is 1. The summed E-state index contributed by atoms with van der Waals surface area (Å²) in [7, 11) is 0. The number of carbonyl (C=O) groups is 1. The third kappa shape index (κ3) is 4.78. The van der Waals surface area contributed by atoms with Crippen LogP contribution in [0, 0.1) is 11.8 Å². The third-order valence-corrected chi connectivity index (χ3v) is 4.21. The van der Waals surface area contributed by atoms with E-state index in [0.717, 1.165) is 12.8 Å². The van der Waals surface area contributed by atoms with E-state index in [1.54, 1.807) is 11.3 Å². The zero-order valence-corrected chi connectivity index (χ0v) is 12.3. The highest BCUT2D eigenvalue weighted by molar-refractivity contribution is 7.09. The predicted molar refractivity (Wildman–Crippen MR) is 77.6 cm³/mol. The Morgan fingerprint density at radius 1 is 1.50 bits per heavy atom. The van der Waals surface area contributed by atoms with Crippen LogP contribution in [0.2, 0.25) is 0 Å². The van der Waals surface area contributed by atoms with Crippen molar-refractivity contribution in [3.05, 3.63) is 22.4 Å². The molecule has 1 aromatic heterocycles. The lowest BCUT2D eigenvalue weighted by Gasteiger charge is -2.19. The molecule has 0 saturated carbocycles. The molecular weight excluding hydrogens is 244 g/mol. The second-order valence-electron chi connectivity index (χ2n) is 5.05. The predicted octanol–water partition coefficient (Wildman–Crippen LogP) is 2.42. The summed E-state index contributed by atoms with van der Waals surface area (Å²) < 4.78 is 0. The Morgan fingerprint density at radius 3 is 2.78 bits per heavy atom. The normalized spacial score (nSPS) is 16.0. The number of rotatable bonds is 7. The fraction of sp³-hybridized carbons (Fsp3) is 0.643. The van der Waals surface area contributed by atoms with E-state index in [1.165, 1.54) is 4.88 Å². The maximum Gasteiger partial charge on any atom is 0.237 e. The Balaban J connectivity index is 2.29. The van der Waals surface area contributed by atoms with E-state index in [-0.39, 0.29) is 17.9 Å². The van der Waals surface area contributed by atoms with Gasteiger partial charge in [-0.25, -0.2) is 0 Å². The third-order valence-electron chi connectivity index (χ3n) is 3.31. The number of nitrogens with two attached hydrogens (primary N) is 1. The first-order valence-corrected chi connectivity index (χ1v) is 7.48. The molecule has 3 nitrogen and oxygen atoms in total. The van der Waals surface area contributed by atoms with E-state index in [2.05, 4.69) is 36.7 Å². The van der Waals surface area contributed by atoms with Gasteiger partial charge >= 0.3 is 0 Å². The number of hydrogen-bond donors (Lipinski definition) is 2. The smallest absolute Gasteiger partial charge is 0.237 e. The lowest BCUT2D eigenvalue weighted by Crippen LogP contribution is -2.45. The van der Waals surface area contributed by atoms with Crippen LogP contribution in [0.5, 0.6) is 0 Å². The Bertz CT molecular complexity index is 351. The standard InChI is InChI=1S/C14H24N2OS/c1-4-11(3)13(15)14(17)16-9-10(2)8-12-6-5-7-18-12/h5-7,10-11,13H,4,8-9,15H2,1-3H3,(H,16,17). The van der Waals surface area contributed by atoms with Crippen molar-refractivity contribution in [1.82, 2.24) is 5.32 Å². The van der Waals surface area contributed by atoms with E-state index in [0.29, 0.717) is 12.5 Å². The molecular formula is C14H24N2OS. The van der Waals surface area contributed by atoms with Gasteiger partial charge in [-0.1, -0.05) is 33.3 Å². The minimum atomic E-state index is -0.385. The van der Waals surface area contributed by atoms with Crippen LogP contribution in [0.3, 0.4) is 0 Å². The van der Waals surface area contributed by atoms with Crippen LogP contribution in [-0.4, -0.2) is 18.5 Å². The molecule has 3 unspecified atom stereocenters. The molecule has 1 amide bonds. The van der Waals surface area contributed by atoms with Gasteiger partial charge in [-0.05, 0) is 29.7 Å². The maximum absolute atomic E-state index is 11.8. The van der Waals surface area contributed by atoms with Crippen molar-refractivity contribution in [2.75, 3.05) is 6.54 Å². The monoisotopic (exact) mass is 268 g/mol. The molecule has 0 aliphatic carbocycles. The maximum atomic E-state index is 11.8. The van der Waals surface area contributed by atoms with E-state index >= 15 is 0 Å². The zero-order valence-electron chi connectivity index (χ0n) is 11.5. The van der Waals surface area contributed by atoms with Gasteiger partial charge < -0.3 is 11.1 Å². The van der Waals surface area contributed by atoms with Gasteiger partial charge in [-0.3, -0.25) is 4.79 Å². The topological polar surface area (TPSA) is 55.1 Å². The quantitative estimate of drug-likeness (QED) is 0.798. The molecule has 102 valence electrons. The molecule has 4 heteroatoms. The highest BCUT2D eigenvalue weighted by Crippen LogP contribution is 2.14. The molecule has 1 aromatic rings. The van der Waals surface area contributed by atoms with Crippen LogP contribution < -0.4 is 11.1 Å². The summed E-state index contributed by atoms with van der Waals surface area (Å²) in [6.07, 6.45) is 1.94. The molecule has 0 aliphatic heterocycles. The molecule has 3 atom stereocenters. The van der Waals surface area contributed by atoms with Crippen LogP contribution in [0.25, 0.3) is 0 Å². The summed E-state index contributed by atoms with van der Waals surface area (Å²) in [4.78, 5) is 13.2. The van der Waals surface area contributed by atoms with Gasteiger partial charge in [-0.15, -0.1) is 11.3 Å². The zero-order chi connectivity index (χ0) is 13.5. The molecule has 18 heavy (non-hydrogen) atoms. The Labute approximate surface area is 114 Å². The van der Waals surface area contributed by atoms with E-state index < -0.39 is 0 Å². The van der Waals surface area contributed by atoms with Crippen molar-refractivity contribution in [3.8, 4) is 0 Å². The van der Waals surface area contributed by atoms with Gasteiger partial charge in [0, 0.05) is 11.4 Å². The molecule has 0 fully saturated rings. The first-order chi connectivity index (χ1) is 8.54. The first-order valence-electron chi connectivity index (χ1n) is 6.60. The van der Waals surface area contributed by atoms with Crippen molar-refractivity contribution in [3.63, 3.8) is 0 Å². The fourth-order valence-electron chi connectivity index (χ4n) is 1.75. The molecule has 3 N–H and O–H groups in total. The van der Waals surface area contributed by atoms with Crippen LogP contribution in [0.15, 0.2) is 17.5 Å². The van der Waals surface area contributed by atoms with Gasteiger partial charge in [0.2, 0.25) is 5.91 Å². The molecule has 0 aromatic carbocycles. The minimum absolute atomic E-state index is 0.0256. The molecule has 1 rings (SSSR count). The fourth-order valence-corrected chi connectivity index (χ4v) is 2.62. The van der Waals surface area contributed by atoms with Crippen LogP contribution in [0.1, 0.15) is 32.1 Å². The Hall–Kier alpha value is -0.870. The largest absolute Gasteiger partial charge is 0.354 e. The highest BCUT2D eigenvalue weighted by Gasteiger charge is 2.19. The van der Waals surface area contributed by atoms with Crippen molar-refractivity contribution in [2.45, 2.75) is 39.7 Å². The Kier molecular flexibility index (Phi) is 6.36. The number of hydrogen-bond acceptors (Lipinski definition) is 3. The molecule has 0 bridgehead atoms. The number of carbonyl (C=O) groups excluding carboxylic acids is 1. The molecule has 0 aliphatic rings. The SMILES string of the molecule is CCC(C)C(N)C(=O)NCC(C)Cc1cccs1. The summed E-state index contributed by atoms with van der Waals surface area (Å²) >= 11 is 1.76. The summed E-state index contributed by atoms with van der Waals surface area (Å²) in [5.74, 6) is 0.650. The van der Waals surface area contributed by atoms with Gasteiger partial charge in [0.15, 0.2) is 0 Å². The lowest BCUT2D eigenvalue weighted by molar-refractivity contribution is -0.123. The van der Waals surface area contributed by atoms with Crippen LogP contribution in [0.4, 0.5) is 0 Å². The highest BCUT2D eigenvalue weighted by atomic mass is 32.1. The van der Waals surface area contributed by atoms with E-state index in [4.69, 9.17) is 5.73 Å². The second-order valence-corrected chi connectivity index (χ2v) is 6.08. The molecule has 0 saturated heterocycles. The van der Waals surface area contributed by atoms with Gasteiger partial charge in [0.25, 0.3) is 0 Å². The summed E-state index contributed by atoms with van der Waals surface area (Å²) in [5.41, 5.74) is 5.88. The lowest BCUT2D eigenvalue weighted by atomic mass is 9.99. The first kappa shape index (κ1) is 15.2. The number of amides is 1. The van der Waals surface area contributed by atoms with Crippen molar-refractivity contribution >= 4 is 17.2 Å². The molecule has 0 radical (unpaired) electrons. The van der Waals surface area contributed by atoms with Gasteiger partial charge in [0.1, 0.15) is 0 Å². The van der Waals surface area contributed by atoms with Crippen molar-refractivity contribution < 1.29 is 4.79 Å². The van der Waals surface area contributed by atoms with Crippen LogP contribution >= 0.6 is 11.3 Å². The van der Waals surface area contributed by atoms with E-state index in [9.17, 15) is 4.79 Å². The number of thiophene rings is 1. The molecule has 1 heterocycles. The summed E-state index contributed by atoms with van der Waals surface area (Å²) in [6, 6.07) is 3.81. The summed E-state index contributed by atoms with van der Waals surface area (Å²) in [5, 5.41) is 5.03. The molecule has 0 spiro atoms. The second kappa shape index (κ2) is 7.54. The summed E-state index contributed by atoms with van der Waals surface area (Å²) in [6.45, 7) is 6.91. The van der Waals surface area contributed by atoms with Crippen molar-refractivity contribution in [2.24, 2.45) is 17.6 Å². The van der Waals surface area contributed by atoms with Gasteiger partial charge in [-0.2, -0.15) is 0 Å². The Morgan fingerprint density at radius 2 is 2.22 bits per heavy atom. The average molecular weight is 268 g/mol. The van der Waals surface area contributed by atoms with Crippen LogP contribution in [-0.2, 0) is 11.2 Å². The van der Waals surface area contributed by atoms with Gasteiger partial charge in [0.05, 0.1) is 6.04 Å². The van der Waals surface area contributed by atoms with E-state index in [1.807, 2.05) is 6.92 Å². The average Bonchev–Trinajstić information content (AvgIpc) is 2.86. The minimum Gasteiger partial charge on any atom is -0.354 e.